The van der Waals surface area contributed by atoms with Gasteiger partial charge in [-0.2, -0.15) is 4.31 Å². The molecule has 0 atom stereocenters. The second-order valence-electron chi connectivity index (χ2n) is 6.57. The topological polar surface area (TPSA) is 105 Å². The lowest BCUT2D eigenvalue weighted by Crippen LogP contribution is -2.41. The molecule has 2 aliphatic rings. The number of nitrogens with one attached hydrogen (secondary N) is 2. The number of amides is 2. The van der Waals surface area contributed by atoms with Crippen molar-refractivity contribution in [1.29, 1.82) is 0 Å². The van der Waals surface area contributed by atoms with Crippen molar-refractivity contribution in [3.05, 3.63) is 23.2 Å². The van der Waals surface area contributed by atoms with E-state index in [1.165, 1.54) is 22.5 Å². The maximum atomic E-state index is 12.7. The lowest BCUT2D eigenvalue weighted by molar-refractivity contribution is -0.136. The molecule has 0 spiro atoms. The Balaban J connectivity index is 1.72. The molecule has 0 radical (unpaired) electrons. The van der Waals surface area contributed by atoms with Gasteiger partial charge in [-0.15, -0.1) is 0 Å². The zero-order chi connectivity index (χ0) is 19.4. The number of hydrogen-bond donors (Lipinski definition) is 2. The molecule has 1 aromatic carbocycles. The van der Waals surface area contributed by atoms with E-state index >= 15 is 0 Å². The molecule has 2 amide bonds. The summed E-state index contributed by atoms with van der Waals surface area (Å²) in [5, 5.41) is 5.24. The summed E-state index contributed by atoms with van der Waals surface area (Å²) < 4.78 is 32.0. The van der Waals surface area contributed by atoms with Crippen LogP contribution in [0.5, 0.6) is 0 Å². The molecular weight excluding hydrogens is 394 g/mol. The summed E-state index contributed by atoms with van der Waals surface area (Å²) in [6.45, 7) is 1.18. The molecule has 1 aromatic rings. The van der Waals surface area contributed by atoms with Gasteiger partial charge in [0.25, 0.3) is 0 Å². The Morgan fingerprint density at radius 2 is 1.78 bits per heavy atom. The first-order valence-electron chi connectivity index (χ1n) is 8.87. The third kappa shape index (κ3) is 4.78. The highest BCUT2D eigenvalue weighted by molar-refractivity contribution is 7.89. The molecule has 1 aliphatic carbocycles. The van der Waals surface area contributed by atoms with Crippen LogP contribution in [0, 0.1) is 0 Å². The smallest absolute Gasteiger partial charge is 0.313 e. The Morgan fingerprint density at radius 1 is 1.11 bits per heavy atom. The van der Waals surface area contributed by atoms with Gasteiger partial charge in [-0.05, 0) is 31.0 Å². The average molecular weight is 416 g/mol. The van der Waals surface area contributed by atoms with Crippen LogP contribution >= 0.6 is 11.6 Å². The molecule has 0 bridgehead atoms. The van der Waals surface area contributed by atoms with Gasteiger partial charge in [-0.1, -0.05) is 24.4 Å². The first kappa shape index (κ1) is 20.1. The van der Waals surface area contributed by atoms with Crippen molar-refractivity contribution in [2.24, 2.45) is 0 Å². The van der Waals surface area contributed by atoms with Gasteiger partial charge in [-0.25, -0.2) is 8.42 Å². The van der Waals surface area contributed by atoms with Crippen molar-refractivity contribution in [3.8, 4) is 0 Å². The molecule has 148 valence electrons. The third-order valence-electron chi connectivity index (χ3n) is 4.69. The van der Waals surface area contributed by atoms with Crippen LogP contribution in [0.2, 0.25) is 5.02 Å². The number of rotatable bonds is 4. The number of carbonyl (C=O) groups is 2. The third-order valence-corrected chi connectivity index (χ3v) is 6.91. The Kier molecular flexibility index (Phi) is 6.36. The number of nitrogens with zero attached hydrogens (tertiary/aromatic N) is 1. The van der Waals surface area contributed by atoms with Gasteiger partial charge in [0.1, 0.15) is 0 Å². The Bertz CT molecular complexity index is 818. The van der Waals surface area contributed by atoms with Crippen molar-refractivity contribution in [1.82, 2.24) is 9.62 Å². The van der Waals surface area contributed by atoms with Gasteiger partial charge in [0.2, 0.25) is 10.0 Å². The number of hydrogen-bond acceptors (Lipinski definition) is 5. The lowest BCUT2D eigenvalue weighted by Gasteiger charge is -2.26. The summed E-state index contributed by atoms with van der Waals surface area (Å²) in [4.78, 5) is 24.2. The van der Waals surface area contributed by atoms with Crippen LogP contribution in [0.25, 0.3) is 0 Å². The monoisotopic (exact) mass is 415 g/mol. The maximum Gasteiger partial charge on any atom is 0.313 e. The van der Waals surface area contributed by atoms with Gasteiger partial charge in [-0.3, -0.25) is 9.59 Å². The predicted octanol–water partition coefficient (Wildman–Crippen LogP) is 1.36. The second kappa shape index (κ2) is 8.55. The van der Waals surface area contributed by atoms with E-state index in [0.29, 0.717) is 13.2 Å². The van der Waals surface area contributed by atoms with Crippen LogP contribution in [0.4, 0.5) is 5.69 Å². The summed E-state index contributed by atoms with van der Waals surface area (Å²) >= 11 is 6.08. The SMILES string of the molecule is O=C(Nc1cc(S(=O)(=O)N2CCOCC2)ccc1Cl)C(=O)NC1CCCC1. The van der Waals surface area contributed by atoms with Crippen molar-refractivity contribution in [2.75, 3.05) is 31.6 Å². The van der Waals surface area contributed by atoms with E-state index in [9.17, 15) is 18.0 Å². The zero-order valence-corrected chi connectivity index (χ0v) is 16.3. The minimum Gasteiger partial charge on any atom is -0.379 e. The largest absolute Gasteiger partial charge is 0.379 e. The summed E-state index contributed by atoms with van der Waals surface area (Å²) in [5.74, 6) is -1.62. The van der Waals surface area contributed by atoms with Crippen molar-refractivity contribution < 1.29 is 22.7 Å². The zero-order valence-electron chi connectivity index (χ0n) is 14.7. The van der Waals surface area contributed by atoms with E-state index in [2.05, 4.69) is 10.6 Å². The highest BCUT2D eigenvalue weighted by Gasteiger charge is 2.28. The average Bonchev–Trinajstić information content (AvgIpc) is 3.17. The molecule has 1 aliphatic heterocycles. The van der Waals surface area contributed by atoms with Crippen molar-refractivity contribution >= 4 is 39.1 Å². The molecule has 1 heterocycles. The molecule has 0 unspecified atom stereocenters. The molecule has 2 fully saturated rings. The van der Waals surface area contributed by atoms with Gasteiger partial charge < -0.3 is 15.4 Å². The first-order chi connectivity index (χ1) is 12.9. The van der Waals surface area contributed by atoms with Crippen LogP contribution < -0.4 is 10.6 Å². The van der Waals surface area contributed by atoms with Crippen LogP contribution in [-0.2, 0) is 24.3 Å². The number of carbonyl (C=O) groups excluding carboxylic acids is 2. The molecular formula is C17H22ClN3O5S. The Morgan fingerprint density at radius 3 is 2.44 bits per heavy atom. The van der Waals surface area contributed by atoms with Gasteiger partial charge >= 0.3 is 11.8 Å². The van der Waals surface area contributed by atoms with E-state index in [1.54, 1.807) is 0 Å². The van der Waals surface area contributed by atoms with E-state index in [0.717, 1.165) is 25.7 Å². The molecule has 0 aromatic heterocycles. The summed E-state index contributed by atoms with van der Waals surface area (Å²) in [6, 6.07) is 4.04. The lowest BCUT2D eigenvalue weighted by atomic mass is 10.2. The molecule has 10 heteroatoms. The normalized spacial score (nSPS) is 19.0. The fourth-order valence-electron chi connectivity index (χ4n) is 3.20. The van der Waals surface area contributed by atoms with Crippen LogP contribution in [0.15, 0.2) is 23.1 Å². The quantitative estimate of drug-likeness (QED) is 0.722. The first-order valence-corrected chi connectivity index (χ1v) is 10.7. The predicted molar refractivity (Wildman–Crippen MR) is 100 cm³/mol. The number of sulfonamides is 1. The Hall–Kier alpha value is -1.68. The standard InChI is InChI=1S/C17H22ClN3O5S/c18-14-6-5-13(27(24,25)21-7-9-26-10-8-21)11-15(14)20-17(23)16(22)19-12-3-1-2-4-12/h5-6,11-12H,1-4,7-10H2,(H,19,22)(H,20,23). The van der Waals surface area contributed by atoms with E-state index < -0.39 is 21.8 Å². The Labute approximate surface area is 163 Å². The minimum absolute atomic E-state index is 0.000279. The van der Waals surface area contributed by atoms with E-state index in [1.807, 2.05) is 0 Å². The van der Waals surface area contributed by atoms with Gasteiger partial charge in [0.05, 0.1) is 28.8 Å². The van der Waals surface area contributed by atoms with Gasteiger partial charge in [0.15, 0.2) is 0 Å². The summed E-state index contributed by atoms with van der Waals surface area (Å²) in [5.41, 5.74) is 0.0811. The van der Waals surface area contributed by atoms with Crippen molar-refractivity contribution in [3.63, 3.8) is 0 Å². The number of morpholine rings is 1. The fraction of sp³-hybridized carbons (Fsp3) is 0.529. The van der Waals surface area contributed by atoms with Crippen LogP contribution in [0.1, 0.15) is 25.7 Å². The van der Waals surface area contributed by atoms with E-state index in [4.69, 9.17) is 16.3 Å². The summed E-state index contributed by atoms with van der Waals surface area (Å²) in [6.07, 6.45) is 3.76. The highest BCUT2D eigenvalue weighted by atomic mass is 35.5. The van der Waals surface area contributed by atoms with Crippen molar-refractivity contribution in [2.45, 2.75) is 36.6 Å². The molecule has 8 nitrogen and oxygen atoms in total. The second-order valence-corrected chi connectivity index (χ2v) is 8.91. The molecule has 3 rings (SSSR count). The molecule has 1 saturated heterocycles. The van der Waals surface area contributed by atoms with Gasteiger partial charge in [0, 0.05) is 19.1 Å². The van der Waals surface area contributed by atoms with Crippen LogP contribution in [0.3, 0.4) is 0 Å². The highest BCUT2D eigenvalue weighted by Crippen LogP contribution is 2.27. The molecule has 2 N–H and O–H groups in total. The maximum absolute atomic E-state index is 12.7. The number of anilines is 1. The summed E-state index contributed by atoms with van der Waals surface area (Å²) in [7, 11) is -3.73. The fourth-order valence-corrected chi connectivity index (χ4v) is 4.80. The van der Waals surface area contributed by atoms with Crippen LogP contribution in [-0.4, -0.2) is 56.9 Å². The van der Waals surface area contributed by atoms with E-state index in [-0.39, 0.29) is 34.7 Å². The minimum atomic E-state index is -3.73. The molecule has 27 heavy (non-hydrogen) atoms. The molecule has 1 saturated carbocycles. The number of benzene rings is 1. The number of halogens is 1. The number of ether oxygens (including phenoxy) is 1.